The summed E-state index contributed by atoms with van der Waals surface area (Å²) in [6.45, 7) is 7.64. The van der Waals surface area contributed by atoms with Crippen LogP contribution in [0.25, 0.3) is 0 Å². The average molecular weight is 438 g/mol. The van der Waals surface area contributed by atoms with E-state index in [2.05, 4.69) is 20.5 Å². The first-order chi connectivity index (χ1) is 14.4. The number of carbonyl (C=O) groups excluding carboxylic acids is 1. The van der Waals surface area contributed by atoms with E-state index in [1.807, 2.05) is 18.7 Å². The van der Waals surface area contributed by atoms with Crippen molar-refractivity contribution >= 4 is 23.5 Å². The maximum atomic E-state index is 14.6. The SMILES string of the molecule is CN=C(NCC(c1c(F)cccc1Cl)N1CCCC1)NC1CCN(C(=O)C(C)C)C1. The lowest BCUT2D eigenvalue weighted by atomic mass is 10.0. The van der Waals surface area contributed by atoms with Gasteiger partial charge < -0.3 is 15.5 Å². The molecule has 1 aromatic carbocycles. The maximum Gasteiger partial charge on any atom is 0.225 e. The molecule has 2 heterocycles. The highest BCUT2D eigenvalue weighted by Crippen LogP contribution is 2.32. The fraction of sp³-hybridized carbons (Fsp3) is 0.636. The number of halogens is 2. The molecule has 1 aromatic rings. The van der Waals surface area contributed by atoms with Gasteiger partial charge in [0.15, 0.2) is 5.96 Å². The molecule has 8 heteroatoms. The second-order valence-electron chi connectivity index (χ2n) is 8.42. The van der Waals surface area contributed by atoms with Gasteiger partial charge in [-0.1, -0.05) is 31.5 Å². The van der Waals surface area contributed by atoms with E-state index in [1.54, 1.807) is 19.2 Å². The van der Waals surface area contributed by atoms with E-state index < -0.39 is 0 Å². The number of hydrogen-bond acceptors (Lipinski definition) is 3. The number of aliphatic imine (C=N–C) groups is 1. The maximum absolute atomic E-state index is 14.6. The van der Waals surface area contributed by atoms with Crippen molar-refractivity contribution < 1.29 is 9.18 Å². The minimum atomic E-state index is -0.275. The van der Waals surface area contributed by atoms with Crippen LogP contribution in [-0.2, 0) is 4.79 Å². The Morgan fingerprint density at radius 2 is 2.03 bits per heavy atom. The Bertz CT molecular complexity index is 746. The van der Waals surface area contributed by atoms with Crippen LogP contribution in [0.3, 0.4) is 0 Å². The summed E-state index contributed by atoms with van der Waals surface area (Å²) in [4.78, 5) is 20.8. The van der Waals surface area contributed by atoms with E-state index in [1.165, 1.54) is 6.07 Å². The Hall–Kier alpha value is -1.86. The molecule has 2 saturated heterocycles. The topological polar surface area (TPSA) is 60.0 Å². The van der Waals surface area contributed by atoms with Crippen molar-refractivity contribution in [2.75, 3.05) is 39.8 Å². The summed E-state index contributed by atoms with van der Waals surface area (Å²) in [5.41, 5.74) is 0.540. The minimum Gasteiger partial charge on any atom is -0.354 e. The van der Waals surface area contributed by atoms with Crippen molar-refractivity contribution in [1.82, 2.24) is 20.4 Å². The molecular weight excluding hydrogens is 405 g/mol. The van der Waals surface area contributed by atoms with Crippen LogP contribution in [-0.4, -0.2) is 67.5 Å². The Balaban J connectivity index is 1.64. The fourth-order valence-corrected chi connectivity index (χ4v) is 4.61. The molecule has 0 aliphatic carbocycles. The summed E-state index contributed by atoms with van der Waals surface area (Å²) in [6.07, 6.45) is 3.10. The summed E-state index contributed by atoms with van der Waals surface area (Å²) in [5, 5.41) is 7.23. The van der Waals surface area contributed by atoms with Gasteiger partial charge in [-0.15, -0.1) is 0 Å². The largest absolute Gasteiger partial charge is 0.354 e. The average Bonchev–Trinajstić information content (AvgIpc) is 3.40. The van der Waals surface area contributed by atoms with Crippen LogP contribution in [0.1, 0.15) is 44.7 Å². The van der Waals surface area contributed by atoms with Gasteiger partial charge in [0.2, 0.25) is 5.91 Å². The lowest BCUT2D eigenvalue weighted by Gasteiger charge is -2.30. The number of likely N-dealkylation sites (tertiary alicyclic amines) is 2. The molecule has 0 bridgehead atoms. The molecule has 2 N–H and O–H groups in total. The summed E-state index contributed by atoms with van der Waals surface area (Å²) >= 11 is 6.38. The van der Waals surface area contributed by atoms with Crippen LogP contribution >= 0.6 is 11.6 Å². The molecule has 3 rings (SSSR count). The first-order valence-corrected chi connectivity index (χ1v) is 11.2. The number of nitrogens with zero attached hydrogens (tertiary/aromatic N) is 3. The monoisotopic (exact) mass is 437 g/mol. The number of benzene rings is 1. The van der Waals surface area contributed by atoms with Gasteiger partial charge >= 0.3 is 0 Å². The molecule has 2 fully saturated rings. The molecule has 2 aliphatic rings. The third kappa shape index (κ3) is 5.43. The first-order valence-electron chi connectivity index (χ1n) is 10.8. The van der Waals surface area contributed by atoms with Gasteiger partial charge in [0.05, 0.1) is 6.04 Å². The number of hydrogen-bond donors (Lipinski definition) is 2. The van der Waals surface area contributed by atoms with Gasteiger partial charge in [0.1, 0.15) is 5.82 Å². The molecule has 2 unspecified atom stereocenters. The second-order valence-corrected chi connectivity index (χ2v) is 8.82. The Labute approximate surface area is 183 Å². The van der Waals surface area contributed by atoms with Crippen LogP contribution in [0.5, 0.6) is 0 Å². The van der Waals surface area contributed by atoms with E-state index in [4.69, 9.17) is 11.6 Å². The molecule has 0 aromatic heterocycles. The molecule has 0 saturated carbocycles. The molecular formula is C22H33ClFN5O. The van der Waals surface area contributed by atoms with Crippen LogP contribution in [0.4, 0.5) is 4.39 Å². The second kappa shape index (κ2) is 10.4. The summed E-state index contributed by atoms with van der Waals surface area (Å²) in [5.74, 6) is 0.580. The van der Waals surface area contributed by atoms with Gasteiger partial charge in [-0.2, -0.15) is 0 Å². The molecule has 0 radical (unpaired) electrons. The lowest BCUT2D eigenvalue weighted by molar-refractivity contribution is -0.133. The van der Waals surface area contributed by atoms with E-state index in [0.717, 1.165) is 38.9 Å². The van der Waals surface area contributed by atoms with Gasteiger partial charge in [0.25, 0.3) is 0 Å². The van der Waals surface area contributed by atoms with Crippen molar-refractivity contribution in [3.05, 3.63) is 34.6 Å². The number of nitrogens with one attached hydrogen (secondary N) is 2. The normalized spacial score (nSPS) is 21.3. The van der Waals surface area contributed by atoms with Crippen molar-refractivity contribution in [1.29, 1.82) is 0 Å². The van der Waals surface area contributed by atoms with Crippen LogP contribution in [0.15, 0.2) is 23.2 Å². The highest BCUT2D eigenvalue weighted by Gasteiger charge is 2.30. The van der Waals surface area contributed by atoms with E-state index in [9.17, 15) is 9.18 Å². The predicted octanol–water partition coefficient (Wildman–Crippen LogP) is 3.04. The zero-order valence-electron chi connectivity index (χ0n) is 18.1. The van der Waals surface area contributed by atoms with E-state index in [-0.39, 0.29) is 29.7 Å². The minimum absolute atomic E-state index is 0.00734. The van der Waals surface area contributed by atoms with E-state index >= 15 is 0 Å². The van der Waals surface area contributed by atoms with Crippen molar-refractivity contribution in [2.45, 2.75) is 45.2 Å². The zero-order valence-corrected chi connectivity index (χ0v) is 18.9. The number of rotatable bonds is 6. The molecule has 166 valence electrons. The standard InChI is InChI=1S/C22H33ClFN5O/c1-15(2)21(30)29-12-9-16(14-29)27-22(25-3)26-13-19(28-10-4-5-11-28)20-17(23)7-6-8-18(20)24/h6-8,15-16,19H,4-5,9-14H2,1-3H3,(H2,25,26,27). The third-order valence-corrected chi connectivity index (χ3v) is 6.27. The lowest BCUT2D eigenvalue weighted by Crippen LogP contribution is -2.47. The smallest absolute Gasteiger partial charge is 0.225 e. The fourth-order valence-electron chi connectivity index (χ4n) is 4.32. The highest BCUT2D eigenvalue weighted by molar-refractivity contribution is 6.31. The van der Waals surface area contributed by atoms with Gasteiger partial charge in [-0.3, -0.25) is 14.7 Å². The van der Waals surface area contributed by atoms with Crippen LogP contribution in [0.2, 0.25) is 5.02 Å². The van der Waals surface area contributed by atoms with Crippen molar-refractivity contribution in [3.63, 3.8) is 0 Å². The summed E-state index contributed by atoms with van der Waals surface area (Å²) < 4.78 is 14.6. The molecule has 2 atom stereocenters. The molecule has 6 nitrogen and oxygen atoms in total. The van der Waals surface area contributed by atoms with Crippen molar-refractivity contribution in [2.24, 2.45) is 10.9 Å². The van der Waals surface area contributed by atoms with Crippen molar-refractivity contribution in [3.8, 4) is 0 Å². The summed E-state index contributed by atoms with van der Waals surface area (Å²) in [7, 11) is 1.72. The van der Waals surface area contributed by atoms with Crippen LogP contribution < -0.4 is 10.6 Å². The van der Waals surface area contributed by atoms with Gasteiger partial charge in [-0.05, 0) is 44.5 Å². The quantitative estimate of drug-likeness (QED) is 0.530. The predicted molar refractivity (Wildman–Crippen MR) is 119 cm³/mol. The Morgan fingerprint density at radius 1 is 1.30 bits per heavy atom. The number of carbonyl (C=O) groups is 1. The van der Waals surface area contributed by atoms with E-state index in [0.29, 0.717) is 29.6 Å². The molecule has 0 spiro atoms. The highest BCUT2D eigenvalue weighted by atomic mass is 35.5. The number of guanidine groups is 1. The van der Waals surface area contributed by atoms with Gasteiger partial charge in [0, 0.05) is 49.2 Å². The molecule has 30 heavy (non-hydrogen) atoms. The Kier molecular flexibility index (Phi) is 7.94. The molecule has 2 aliphatic heterocycles. The first kappa shape index (κ1) is 22.8. The Morgan fingerprint density at radius 3 is 2.67 bits per heavy atom. The zero-order chi connectivity index (χ0) is 21.7. The van der Waals surface area contributed by atoms with Gasteiger partial charge in [-0.25, -0.2) is 4.39 Å². The summed E-state index contributed by atoms with van der Waals surface area (Å²) in [6, 6.07) is 4.84. The number of amides is 1. The van der Waals surface area contributed by atoms with Crippen LogP contribution in [0, 0.1) is 11.7 Å². The third-order valence-electron chi connectivity index (χ3n) is 5.94. The molecule has 1 amide bonds.